The largest absolute Gasteiger partial charge is 0.481 e. The highest BCUT2D eigenvalue weighted by Gasteiger charge is 2.24. The highest BCUT2D eigenvalue weighted by atomic mass is 35.5. The Morgan fingerprint density at radius 2 is 2.00 bits per heavy atom. The van der Waals surface area contributed by atoms with Crippen molar-refractivity contribution < 1.29 is 14.7 Å². The number of carbonyl (C=O) groups excluding carboxylic acids is 1. The van der Waals surface area contributed by atoms with Crippen molar-refractivity contribution in [1.82, 2.24) is 10.2 Å². The van der Waals surface area contributed by atoms with Gasteiger partial charge in [-0.15, -0.1) is 11.8 Å². The number of carbonyl (C=O) groups is 2. The molecule has 0 saturated carbocycles. The van der Waals surface area contributed by atoms with Crippen LogP contribution in [0.4, 0.5) is 5.69 Å². The summed E-state index contributed by atoms with van der Waals surface area (Å²) in [4.78, 5) is 25.5. The molecule has 8 heteroatoms. The Bertz CT molecular complexity index is 1120. The van der Waals surface area contributed by atoms with Crippen molar-refractivity contribution in [2.45, 2.75) is 50.8 Å². The van der Waals surface area contributed by atoms with Crippen LogP contribution in [0.1, 0.15) is 43.7 Å². The highest BCUT2D eigenvalue weighted by Crippen LogP contribution is 2.35. The smallest absolute Gasteiger partial charge is 0.303 e. The van der Waals surface area contributed by atoms with Gasteiger partial charge in [-0.2, -0.15) is 5.10 Å². The van der Waals surface area contributed by atoms with E-state index >= 15 is 0 Å². The molecule has 3 aromatic rings. The van der Waals surface area contributed by atoms with Crippen molar-refractivity contribution in [2.24, 2.45) is 0 Å². The van der Waals surface area contributed by atoms with E-state index in [4.69, 9.17) is 16.7 Å². The molecule has 1 aliphatic heterocycles. The van der Waals surface area contributed by atoms with E-state index in [-0.39, 0.29) is 12.3 Å². The molecule has 1 aromatic heterocycles. The summed E-state index contributed by atoms with van der Waals surface area (Å²) in [6.07, 6.45) is 7.36. The average molecular weight is 500 g/mol. The van der Waals surface area contributed by atoms with Gasteiger partial charge < -0.3 is 10.0 Å². The SMILES string of the molecule is CCC(=O)O.Cc1c(Cl)cccc1SCCCC(=O)N1CCCc2c(-c3cn[nH]c3)cccc21. The molecular weight excluding hydrogens is 470 g/mol. The normalized spacial score (nSPS) is 12.5. The minimum Gasteiger partial charge on any atom is -0.481 e. The topological polar surface area (TPSA) is 86.3 Å². The van der Waals surface area contributed by atoms with Crippen molar-refractivity contribution >= 4 is 40.9 Å². The second-order valence-corrected chi connectivity index (χ2v) is 9.55. The minimum atomic E-state index is -0.745. The number of fused-ring (bicyclic) bond motifs is 1. The lowest BCUT2D eigenvalue weighted by Gasteiger charge is -2.31. The maximum absolute atomic E-state index is 13.0. The van der Waals surface area contributed by atoms with Gasteiger partial charge in [-0.05, 0) is 66.8 Å². The number of nitrogens with one attached hydrogen (secondary N) is 1. The number of aliphatic carboxylic acids is 1. The Morgan fingerprint density at radius 3 is 2.71 bits per heavy atom. The van der Waals surface area contributed by atoms with Gasteiger partial charge in [0.2, 0.25) is 5.91 Å². The van der Waals surface area contributed by atoms with Gasteiger partial charge >= 0.3 is 5.97 Å². The van der Waals surface area contributed by atoms with Crippen molar-refractivity contribution in [3.8, 4) is 11.1 Å². The maximum Gasteiger partial charge on any atom is 0.303 e. The molecule has 2 heterocycles. The first-order valence-electron chi connectivity index (χ1n) is 11.4. The molecule has 1 aliphatic rings. The first kappa shape index (κ1) is 25.8. The van der Waals surface area contributed by atoms with Crippen LogP contribution in [0.5, 0.6) is 0 Å². The van der Waals surface area contributed by atoms with E-state index in [9.17, 15) is 9.59 Å². The van der Waals surface area contributed by atoms with Crippen molar-refractivity contribution in [3.63, 3.8) is 0 Å². The second kappa shape index (κ2) is 12.6. The van der Waals surface area contributed by atoms with Gasteiger partial charge in [0.05, 0.1) is 6.20 Å². The van der Waals surface area contributed by atoms with E-state index in [0.29, 0.717) is 6.42 Å². The Labute approximate surface area is 209 Å². The minimum absolute atomic E-state index is 0.207. The van der Waals surface area contributed by atoms with Gasteiger partial charge in [-0.3, -0.25) is 14.7 Å². The van der Waals surface area contributed by atoms with Crippen LogP contribution in [0.15, 0.2) is 53.7 Å². The van der Waals surface area contributed by atoms with Gasteiger partial charge in [0.1, 0.15) is 0 Å². The molecule has 0 atom stereocenters. The number of benzene rings is 2. The van der Waals surface area contributed by atoms with Crippen molar-refractivity contribution in [3.05, 3.63) is 64.9 Å². The van der Waals surface area contributed by atoms with E-state index in [2.05, 4.69) is 28.4 Å². The fourth-order valence-corrected chi connectivity index (χ4v) is 5.08. The molecule has 0 saturated heterocycles. The molecule has 180 valence electrons. The molecule has 0 radical (unpaired) electrons. The second-order valence-electron chi connectivity index (χ2n) is 8.00. The number of nitrogens with zero attached hydrogens (tertiary/aromatic N) is 2. The van der Waals surface area contributed by atoms with Gasteiger partial charge in [0.25, 0.3) is 0 Å². The van der Waals surface area contributed by atoms with E-state index in [0.717, 1.165) is 53.4 Å². The van der Waals surface area contributed by atoms with Crippen LogP contribution in [0.2, 0.25) is 5.02 Å². The third-order valence-corrected chi connectivity index (χ3v) is 7.33. The van der Waals surface area contributed by atoms with E-state index in [1.165, 1.54) is 16.0 Å². The fourth-order valence-electron chi connectivity index (χ4n) is 3.84. The third-order valence-electron chi connectivity index (χ3n) is 5.67. The standard InChI is InChI=1S/C23H24ClN3OS.C3H6O2/c1-16-20(24)8-3-10-22(16)29-13-5-11-23(28)27-12-4-7-19-18(6-2-9-21(19)27)17-14-25-26-15-17;1-2-3(4)5/h2-3,6,8-10,14-15H,4-5,7,11-13H2,1H3,(H,25,26);2H2,1H3,(H,4,5). The summed E-state index contributed by atoms with van der Waals surface area (Å²) < 4.78 is 0. The molecule has 0 aliphatic carbocycles. The quantitative estimate of drug-likeness (QED) is 0.291. The van der Waals surface area contributed by atoms with Crippen molar-refractivity contribution in [1.29, 1.82) is 0 Å². The average Bonchev–Trinajstić information content (AvgIpc) is 3.38. The summed E-state index contributed by atoms with van der Waals surface area (Å²) in [6, 6.07) is 12.2. The molecule has 2 aromatic carbocycles. The molecule has 0 fully saturated rings. The summed E-state index contributed by atoms with van der Waals surface area (Å²) in [5.41, 5.74) is 5.66. The zero-order valence-electron chi connectivity index (χ0n) is 19.5. The number of halogens is 1. The molecule has 6 nitrogen and oxygen atoms in total. The van der Waals surface area contributed by atoms with E-state index in [1.54, 1.807) is 18.7 Å². The van der Waals surface area contributed by atoms with Crippen LogP contribution in [0.25, 0.3) is 11.1 Å². The monoisotopic (exact) mass is 499 g/mol. The van der Waals surface area contributed by atoms with Crippen LogP contribution in [-0.4, -0.2) is 39.5 Å². The molecule has 0 spiro atoms. The molecule has 34 heavy (non-hydrogen) atoms. The molecular formula is C26H30ClN3O3S. The Hall–Kier alpha value is -2.77. The lowest BCUT2D eigenvalue weighted by atomic mass is 9.93. The maximum atomic E-state index is 13.0. The van der Waals surface area contributed by atoms with Crippen LogP contribution < -0.4 is 4.90 Å². The van der Waals surface area contributed by atoms with Crippen LogP contribution in [-0.2, 0) is 16.0 Å². The number of aromatic nitrogens is 2. The Morgan fingerprint density at radius 1 is 1.24 bits per heavy atom. The third kappa shape index (κ3) is 6.64. The number of amides is 1. The summed E-state index contributed by atoms with van der Waals surface area (Å²) in [7, 11) is 0. The Kier molecular flexibility index (Phi) is 9.60. The zero-order chi connectivity index (χ0) is 24.5. The number of carboxylic acids is 1. The molecule has 2 N–H and O–H groups in total. The lowest BCUT2D eigenvalue weighted by Crippen LogP contribution is -2.35. The number of hydrogen-bond donors (Lipinski definition) is 2. The fraction of sp³-hybridized carbons (Fsp3) is 0.346. The molecule has 0 bridgehead atoms. The summed E-state index contributed by atoms with van der Waals surface area (Å²) in [5.74, 6) is 0.367. The predicted molar refractivity (Wildman–Crippen MR) is 139 cm³/mol. The molecule has 0 unspecified atom stereocenters. The molecule has 1 amide bonds. The number of rotatable bonds is 7. The van der Waals surface area contributed by atoms with Gasteiger partial charge in [0.15, 0.2) is 0 Å². The van der Waals surface area contributed by atoms with Crippen LogP contribution >= 0.6 is 23.4 Å². The summed E-state index contributed by atoms with van der Waals surface area (Å²) >= 11 is 7.97. The highest BCUT2D eigenvalue weighted by molar-refractivity contribution is 7.99. The van der Waals surface area contributed by atoms with Crippen LogP contribution in [0, 0.1) is 6.92 Å². The first-order chi connectivity index (χ1) is 16.4. The molecule has 4 rings (SSSR count). The van der Waals surface area contributed by atoms with Crippen molar-refractivity contribution in [2.75, 3.05) is 17.2 Å². The summed E-state index contributed by atoms with van der Waals surface area (Å²) in [5, 5.41) is 15.5. The Balaban J connectivity index is 0.000000588. The van der Waals surface area contributed by atoms with E-state index < -0.39 is 5.97 Å². The first-order valence-corrected chi connectivity index (χ1v) is 12.8. The summed E-state index contributed by atoms with van der Waals surface area (Å²) in [6.45, 7) is 4.43. The number of aromatic amines is 1. The lowest BCUT2D eigenvalue weighted by molar-refractivity contribution is -0.136. The number of thioether (sulfide) groups is 1. The van der Waals surface area contributed by atoms with Gasteiger partial charge in [-0.25, -0.2) is 0 Å². The number of H-pyrrole nitrogens is 1. The predicted octanol–water partition coefficient (Wildman–Crippen LogP) is 6.37. The number of hydrogen-bond acceptors (Lipinski definition) is 4. The van der Waals surface area contributed by atoms with Crippen LogP contribution in [0.3, 0.4) is 0 Å². The van der Waals surface area contributed by atoms with Gasteiger partial charge in [0, 0.05) is 46.8 Å². The number of anilines is 1. The van der Waals surface area contributed by atoms with E-state index in [1.807, 2.05) is 42.4 Å². The zero-order valence-corrected chi connectivity index (χ0v) is 21.1. The van der Waals surface area contributed by atoms with Gasteiger partial charge in [-0.1, -0.05) is 36.7 Å². The number of carboxylic acid groups (broad SMARTS) is 1.